The summed E-state index contributed by atoms with van der Waals surface area (Å²) in [7, 11) is 1.60. The first kappa shape index (κ1) is 23.8. The molecule has 1 aliphatic carbocycles. The molecule has 2 aromatic carbocycles. The number of amides is 2. The molecule has 0 aliphatic heterocycles. The molecule has 1 fully saturated rings. The predicted octanol–water partition coefficient (Wildman–Crippen LogP) is 4.12. The molecule has 3 aromatic rings. The summed E-state index contributed by atoms with van der Waals surface area (Å²) >= 11 is 0. The van der Waals surface area contributed by atoms with E-state index in [1.54, 1.807) is 12.0 Å². The lowest BCUT2D eigenvalue weighted by Gasteiger charge is -2.28. The van der Waals surface area contributed by atoms with Gasteiger partial charge in [0.15, 0.2) is 0 Å². The topological polar surface area (TPSA) is 54.8 Å². The highest BCUT2D eigenvalue weighted by atomic mass is 16.5. The molecule has 4 rings (SSSR count). The second-order valence-electron chi connectivity index (χ2n) is 8.95. The molecule has 1 aliphatic rings. The van der Waals surface area contributed by atoms with Gasteiger partial charge in [0, 0.05) is 43.7 Å². The van der Waals surface area contributed by atoms with Crippen LogP contribution in [0.3, 0.4) is 0 Å². The van der Waals surface area contributed by atoms with Crippen molar-refractivity contribution in [1.82, 2.24) is 14.4 Å². The average molecular weight is 460 g/mol. The van der Waals surface area contributed by atoms with E-state index in [1.165, 1.54) is 5.56 Å². The van der Waals surface area contributed by atoms with Crippen LogP contribution in [0, 0.1) is 6.92 Å². The Labute approximate surface area is 201 Å². The van der Waals surface area contributed by atoms with Crippen molar-refractivity contribution in [2.24, 2.45) is 0 Å². The van der Waals surface area contributed by atoms with E-state index in [9.17, 15) is 9.59 Å². The highest BCUT2D eigenvalue weighted by Crippen LogP contribution is 2.29. The number of hydrogen-bond donors (Lipinski definition) is 0. The number of benzene rings is 2. The van der Waals surface area contributed by atoms with Crippen molar-refractivity contribution in [3.63, 3.8) is 0 Å². The van der Waals surface area contributed by atoms with Crippen LogP contribution in [0.4, 0.5) is 0 Å². The molecule has 1 heterocycles. The molecule has 0 unspecified atom stereocenters. The first-order chi connectivity index (χ1) is 16.5. The summed E-state index contributed by atoms with van der Waals surface area (Å²) < 4.78 is 7.41. The highest BCUT2D eigenvalue weighted by Gasteiger charge is 2.34. The van der Waals surface area contributed by atoms with Crippen molar-refractivity contribution in [2.75, 3.05) is 26.8 Å². The Kier molecular flexibility index (Phi) is 7.80. The van der Waals surface area contributed by atoms with E-state index in [-0.39, 0.29) is 24.4 Å². The van der Waals surface area contributed by atoms with Crippen LogP contribution in [0.5, 0.6) is 0 Å². The predicted molar refractivity (Wildman–Crippen MR) is 133 cm³/mol. The zero-order valence-electron chi connectivity index (χ0n) is 20.0. The first-order valence-electron chi connectivity index (χ1n) is 11.9. The first-order valence-corrected chi connectivity index (χ1v) is 11.9. The van der Waals surface area contributed by atoms with Crippen molar-refractivity contribution in [3.8, 4) is 0 Å². The van der Waals surface area contributed by atoms with Gasteiger partial charge in [-0.3, -0.25) is 9.59 Å². The van der Waals surface area contributed by atoms with Gasteiger partial charge < -0.3 is 19.1 Å². The summed E-state index contributed by atoms with van der Waals surface area (Å²) in [6.45, 7) is 4.10. The second kappa shape index (κ2) is 11.2. The molecule has 34 heavy (non-hydrogen) atoms. The zero-order valence-corrected chi connectivity index (χ0v) is 20.0. The minimum absolute atomic E-state index is 0.0217. The fourth-order valence-electron chi connectivity index (χ4n) is 4.10. The summed E-state index contributed by atoms with van der Waals surface area (Å²) in [5.74, 6) is -0.167. The molecule has 0 radical (unpaired) electrons. The van der Waals surface area contributed by atoms with Crippen LogP contribution >= 0.6 is 0 Å². The number of aryl methyl sites for hydroxylation is 1. The van der Waals surface area contributed by atoms with Crippen molar-refractivity contribution < 1.29 is 14.3 Å². The Morgan fingerprint density at radius 1 is 1.00 bits per heavy atom. The van der Waals surface area contributed by atoms with Crippen LogP contribution in [0.15, 0.2) is 72.9 Å². The van der Waals surface area contributed by atoms with Crippen molar-refractivity contribution in [2.45, 2.75) is 38.9 Å². The summed E-state index contributed by atoms with van der Waals surface area (Å²) in [6, 6.07) is 22.1. The van der Waals surface area contributed by atoms with Crippen LogP contribution in [-0.4, -0.2) is 59.0 Å². The van der Waals surface area contributed by atoms with Gasteiger partial charge in [0.1, 0.15) is 6.54 Å². The van der Waals surface area contributed by atoms with E-state index in [0.29, 0.717) is 25.3 Å². The van der Waals surface area contributed by atoms with Crippen LogP contribution in [0.25, 0.3) is 0 Å². The van der Waals surface area contributed by atoms with Gasteiger partial charge in [-0.1, -0.05) is 48.0 Å². The van der Waals surface area contributed by atoms with Crippen molar-refractivity contribution in [3.05, 3.63) is 95.3 Å². The summed E-state index contributed by atoms with van der Waals surface area (Å²) in [6.07, 6.45) is 4.08. The number of hydrogen-bond acceptors (Lipinski definition) is 3. The molecule has 2 amide bonds. The molecule has 0 N–H and O–H groups in total. The van der Waals surface area contributed by atoms with Crippen molar-refractivity contribution in [1.29, 1.82) is 0 Å². The van der Waals surface area contributed by atoms with Gasteiger partial charge in [0.2, 0.25) is 5.91 Å². The van der Waals surface area contributed by atoms with Gasteiger partial charge in [-0.05, 0) is 49.6 Å². The summed E-state index contributed by atoms with van der Waals surface area (Å²) in [5.41, 5.74) is 4.00. The maximum absolute atomic E-state index is 13.5. The van der Waals surface area contributed by atoms with Crippen LogP contribution in [0.1, 0.15) is 40.0 Å². The Bertz CT molecular complexity index is 1090. The standard InChI is InChI=1S/C28H33N3O3/c1-22-10-12-24(13-11-22)28(33)30(17-18-34-2)21-27(32)31(25-14-15-25)20-26-9-6-16-29(26)19-23-7-4-3-5-8-23/h3-13,16,25H,14-15,17-21H2,1-2H3. The normalized spacial score (nSPS) is 13.0. The fourth-order valence-corrected chi connectivity index (χ4v) is 4.10. The van der Waals surface area contributed by atoms with E-state index in [1.807, 2.05) is 60.4 Å². The smallest absolute Gasteiger partial charge is 0.254 e. The molecule has 1 saturated carbocycles. The number of ether oxygens (including phenoxy) is 1. The Balaban J connectivity index is 1.47. The highest BCUT2D eigenvalue weighted by molar-refractivity contribution is 5.96. The minimum Gasteiger partial charge on any atom is -0.383 e. The monoisotopic (exact) mass is 459 g/mol. The maximum Gasteiger partial charge on any atom is 0.254 e. The largest absolute Gasteiger partial charge is 0.383 e. The molecule has 0 atom stereocenters. The van der Waals surface area contributed by atoms with Gasteiger partial charge in [-0.2, -0.15) is 0 Å². The van der Waals surface area contributed by atoms with E-state index in [2.05, 4.69) is 29.0 Å². The third-order valence-corrected chi connectivity index (χ3v) is 6.24. The maximum atomic E-state index is 13.5. The quantitative estimate of drug-likeness (QED) is 0.433. The van der Waals surface area contributed by atoms with E-state index in [0.717, 1.165) is 30.6 Å². The third-order valence-electron chi connectivity index (χ3n) is 6.24. The summed E-state index contributed by atoms with van der Waals surface area (Å²) in [4.78, 5) is 30.2. The van der Waals surface area contributed by atoms with Crippen LogP contribution in [-0.2, 0) is 22.6 Å². The molecule has 0 saturated heterocycles. The molecular formula is C28H33N3O3. The molecule has 1 aromatic heterocycles. The minimum atomic E-state index is -0.145. The molecule has 178 valence electrons. The van der Waals surface area contributed by atoms with Gasteiger partial charge in [-0.15, -0.1) is 0 Å². The number of carbonyl (C=O) groups excluding carboxylic acids is 2. The van der Waals surface area contributed by atoms with Gasteiger partial charge in [-0.25, -0.2) is 0 Å². The molecule has 6 heteroatoms. The zero-order chi connectivity index (χ0) is 23.9. The lowest BCUT2D eigenvalue weighted by molar-refractivity contribution is -0.133. The molecule has 0 spiro atoms. The Hall–Kier alpha value is -3.38. The molecule has 0 bridgehead atoms. The Morgan fingerprint density at radius 2 is 1.74 bits per heavy atom. The van der Waals surface area contributed by atoms with Gasteiger partial charge in [0.05, 0.1) is 13.2 Å². The lowest BCUT2D eigenvalue weighted by Crippen LogP contribution is -2.44. The van der Waals surface area contributed by atoms with Crippen LogP contribution in [0.2, 0.25) is 0 Å². The molecular weight excluding hydrogens is 426 g/mol. The van der Waals surface area contributed by atoms with Crippen LogP contribution < -0.4 is 0 Å². The third kappa shape index (κ3) is 6.14. The average Bonchev–Trinajstić information content (AvgIpc) is 3.60. The SMILES string of the molecule is COCCN(CC(=O)N(Cc1cccn1Cc1ccccc1)C1CC1)C(=O)c1ccc(C)cc1. The number of methoxy groups -OCH3 is 1. The number of nitrogens with zero attached hydrogens (tertiary/aromatic N) is 3. The number of carbonyl (C=O) groups is 2. The number of rotatable bonds is 11. The number of aromatic nitrogens is 1. The lowest BCUT2D eigenvalue weighted by atomic mass is 10.1. The van der Waals surface area contributed by atoms with E-state index < -0.39 is 0 Å². The van der Waals surface area contributed by atoms with Gasteiger partial charge >= 0.3 is 0 Å². The fraction of sp³-hybridized carbons (Fsp3) is 0.357. The van der Waals surface area contributed by atoms with E-state index >= 15 is 0 Å². The molecule has 6 nitrogen and oxygen atoms in total. The summed E-state index contributed by atoms with van der Waals surface area (Å²) in [5, 5.41) is 0. The van der Waals surface area contributed by atoms with Crippen molar-refractivity contribution >= 4 is 11.8 Å². The second-order valence-corrected chi connectivity index (χ2v) is 8.95. The van der Waals surface area contributed by atoms with Gasteiger partial charge in [0.25, 0.3) is 5.91 Å². The Morgan fingerprint density at radius 3 is 2.41 bits per heavy atom. The van der Waals surface area contributed by atoms with E-state index in [4.69, 9.17) is 4.74 Å².